The molecule has 0 N–H and O–H groups in total. The molecular formula is C14H8N2O4S2. The number of nitrogens with zero attached hydrogens (tertiary/aromatic N) is 2. The van der Waals surface area contributed by atoms with Crippen molar-refractivity contribution in [3.63, 3.8) is 0 Å². The molecule has 6 nitrogen and oxygen atoms in total. The normalized spacial score (nSPS) is 16.5. The van der Waals surface area contributed by atoms with E-state index < -0.39 is 4.92 Å². The largest absolute Gasteiger partial charge is 0.433 e. The number of carbonyl (C=O) groups excluding carboxylic acids is 1. The predicted molar refractivity (Wildman–Crippen MR) is 87.5 cm³/mol. The summed E-state index contributed by atoms with van der Waals surface area (Å²) in [5, 5.41) is 10.6. The van der Waals surface area contributed by atoms with Gasteiger partial charge in [0.25, 0.3) is 5.91 Å². The van der Waals surface area contributed by atoms with Crippen LogP contribution in [0.5, 0.6) is 0 Å². The number of rotatable bonds is 3. The Morgan fingerprint density at radius 2 is 1.95 bits per heavy atom. The van der Waals surface area contributed by atoms with Crippen molar-refractivity contribution in [1.29, 1.82) is 0 Å². The third kappa shape index (κ3) is 2.66. The van der Waals surface area contributed by atoms with Gasteiger partial charge in [0.1, 0.15) is 10.7 Å². The van der Waals surface area contributed by atoms with Crippen molar-refractivity contribution in [3.05, 3.63) is 63.2 Å². The molecule has 1 amide bonds. The maximum absolute atomic E-state index is 12.4. The molecule has 2 heterocycles. The van der Waals surface area contributed by atoms with E-state index in [4.69, 9.17) is 16.6 Å². The Morgan fingerprint density at radius 3 is 2.59 bits per heavy atom. The molecule has 22 heavy (non-hydrogen) atoms. The Morgan fingerprint density at radius 1 is 1.23 bits per heavy atom. The highest BCUT2D eigenvalue weighted by Gasteiger charge is 2.33. The van der Waals surface area contributed by atoms with E-state index in [1.165, 1.54) is 23.1 Å². The Bertz CT molecular complexity index is 798. The zero-order valence-electron chi connectivity index (χ0n) is 11.0. The number of benzene rings is 1. The lowest BCUT2D eigenvalue weighted by Gasteiger charge is -2.13. The van der Waals surface area contributed by atoms with E-state index in [-0.39, 0.29) is 17.6 Å². The summed E-state index contributed by atoms with van der Waals surface area (Å²) in [5.41, 5.74) is 0.679. The molecule has 1 aliphatic heterocycles. The van der Waals surface area contributed by atoms with Crippen molar-refractivity contribution in [3.8, 4) is 0 Å². The fourth-order valence-electron chi connectivity index (χ4n) is 1.91. The van der Waals surface area contributed by atoms with Gasteiger partial charge in [-0.2, -0.15) is 0 Å². The van der Waals surface area contributed by atoms with Crippen LogP contribution in [0, 0.1) is 10.1 Å². The van der Waals surface area contributed by atoms with Crippen LogP contribution in [0.15, 0.2) is 51.8 Å². The second-order valence-electron chi connectivity index (χ2n) is 4.29. The van der Waals surface area contributed by atoms with Crippen LogP contribution in [-0.2, 0) is 4.79 Å². The van der Waals surface area contributed by atoms with Crippen LogP contribution in [0.2, 0.25) is 0 Å². The van der Waals surface area contributed by atoms with Crippen molar-refractivity contribution in [1.82, 2.24) is 0 Å². The number of anilines is 1. The molecule has 0 unspecified atom stereocenters. The van der Waals surface area contributed by atoms with Crippen LogP contribution < -0.4 is 4.90 Å². The molecule has 1 saturated heterocycles. The summed E-state index contributed by atoms with van der Waals surface area (Å²) < 4.78 is 5.43. The zero-order valence-corrected chi connectivity index (χ0v) is 12.6. The van der Waals surface area contributed by atoms with E-state index in [0.717, 1.165) is 11.8 Å². The number of carbonyl (C=O) groups is 1. The van der Waals surface area contributed by atoms with Gasteiger partial charge in [0.05, 0.1) is 16.7 Å². The number of furan rings is 1. The maximum Gasteiger partial charge on any atom is 0.433 e. The van der Waals surface area contributed by atoms with E-state index in [2.05, 4.69) is 0 Å². The summed E-state index contributed by atoms with van der Waals surface area (Å²) >= 11 is 6.36. The molecule has 0 aliphatic carbocycles. The van der Waals surface area contributed by atoms with E-state index in [9.17, 15) is 14.9 Å². The lowest BCUT2D eigenvalue weighted by Crippen LogP contribution is -2.27. The molecule has 1 aliphatic rings. The van der Waals surface area contributed by atoms with Crippen molar-refractivity contribution >= 4 is 51.9 Å². The second-order valence-corrected chi connectivity index (χ2v) is 5.96. The minimum Gasteiger partial charge on any atom is -0.401 e. The van der Waals surface area contributed by atoms with Gasteiger partial charge in [-0.25, -0.2) is 0 Å². The smallest absolute Gasteiger partial charge is 0.401 e. The van der Waals surface area contributed by atoms with Crippen LogP contribution in [-0.4, -0.2) is 15.2 Å². The van der Waals surface area contributed by atoms with E-state index in [1.807, 2.05) is 18.2 Å². The lowest BCUT2D eigenvalue weighted by atomic mass is 10.3. The molecule has 1 fully saturated rings. The van der Waals surface area contributed by atoms with E-state index in [0.29, 0.717) is 14.9 Å². The summed E-state index contributed by atoms with van der Waals surface area (Å²) in [7, 11) is 0. The molecule has 110 valence electrons. The van der Waals surface area contributed by atoms with Gasteiger partial charge in [-0.15, -0.1) is 0 Å². The summed E-state index contributed by atoms with van der Waals surface area (Å²) in [5.74, 6) is -0.412. The molecular weight excluding hydrogens is 324 g/mol. The quantitative estimate of drug-likeness (QED) is 0.370. The number of hydrogen-bond donors (Lipinski definition) is 0. The van der Waals surface area contributed by atoms with Crippen molar-refractivity contribution in [2.45, 2.75) is 0 Å². The topological polar surface area (TPSA) is 76.6 Å². The minimum atomic E-state index is -0.632. The molecule has 0 saturated carbocycles. The molecule has 0 bridgehead atoms. The number of thiocarbonyl (C=S) groups is 1. The summed E-state index contributed by atoms with van der Waals surface area (Å²) in [6.07, 6.45) is 1.45. The SMILES string of the molecule is O=C1C(=Cc2ccc([N+](=O)[O-])o2)SC(=S)N1c1ccccc1. The van der Waals surface area contributed by atoms with E-state index >= 15 is 0 Å². The van der Waals surface area contributed by atoms with Crippen LogP contribution in [0.25, 0.3) is 6.08 Å². The third-order valence-corrected chi connectivity index (χ3v) is 4.18. The number of nitro groups is 1. The van der Waals surface area contributed by atoms with Crippen molar-refractivity contribution in [2.24, 2.45) is 0 Å². The Balaban J connectivity index is 1.90. The maximum atomic E-state index is 12.4. The number of thioether (sulfide) groups is 1. The average Bonchev–Trinajstić information content (AvgIpc) is 3.06. The van der Waals surface area contributed by atoms with Crippen LogP contribution in [0.1, 0.15) is 5.76 Å². The summed E-state index contributed by atoms with van der Waals surface area (Å²) in [6, 6.07) is 11.7. The number of hydrogen-bond acceptors (Lipinski definition) is 6. The van der Waals surface area contributed by atoms with Crippen LogP contribution >= 0.6 is 24.0 Å². The van der Waals surface area contributed by atoms with Crippen LogP contribution in [0.4, 0.5) is 11.6 Å². The average molecular weight is 332 g/mol. The molecule has 2 aromatic rings. The monoisotopic (exact) mass is 332 g/mol. The number of amides is 1. The first-order valence-corrected chi connectivity index (χ1v) is 7.36. The first-order valence-electron chi connectivity index (χ1n) is 6.13. The molecule has 8 heteroatoms. The molecule has 0 atom stereocenters. The highest BCUT2D eigenvalue weighted by Crippen LogP contribution is 2.36. The molecule has 3 rings (SSSR count). The standard InChI is InChI=1S/C14H8N2O4S2/c17-13-11(8-10-6-7-12(20-10)16(18)19)22-14(21)15(13)9-4-2-1-3-5-9/h1-8H. The molecule has 0 spiro atoms. The molecule has 1 aromatic carbocycles. The first-order chi connectivity index (χ1) is 10.6. The second kappa shape index (κ2) is 5.74. The molecule has 0 radical (unpaired) electrons. The van der Waals surface area contributed by atoms with Crippen molar-refractivity contribution < 1.29 is 14.1 Å². The van der Waals surface area contributed by atoms with Gasteiger partial charge in [-0.3, -0.25) is 19.8 Å². The predicted octanol–water partition coefficient (Wildman–Crippen LogP) is 3.59. The van der Waals surface area contributed by atoms with Gasteiger partial charge < -0.3 is 4.42 Å². The molecule has 1 aromatic heterocycles. The van der Waals surface area contributed by atoms with Gasteiger partial charge in [0.2, 0.25) is 0 Å². The fraction of sp³-hybridized carbons (Fsp3) is 0. The zero-order chi connectivity index (χ0) is 15.7. The van der Waals surface area contributed by atoms with Gasteiger partial charge in [0.15, 0.2) is 4.32 Å². The van der Waals surface area contributed by atoms with Crippen molar-refractivity contribution in [2.75, 3.05) is 4.90 Å². The van der Waals surface area contributed by atoms with E-state index in [1.54, 1.807) is 12.1 Å². The highest BCUT2D eigenvalue weighted by atomic mass is 32.2. The lowest BCUT2D eigenvalue weighted by molar-refractivity contribution is -0.402. The van der Waals surface area contributed by atoms with Gasteiger partial charge in [0, 0.05) is 6.08 Å². The third-order valence-electron chi connectivity index (χ3n) is 2.87. The van der Waals surface area contributed by atoms with Gasteiger partial charge in [-0.1, -0.05) is 42.2 Å². The minimum absolute atomic E-state index is 0.236. The fourth-order valence-corrected chi connectivity index (χ4v) is 3.19. The Labute approximate surface area is 134 Å². The summed E-state index contributed by atoms with van der Waals surface area (Å²) in [6.45, 7) is 0. The Hall–Kier alpha value is -2.45. The summed E-state index contributed by atoms with van der Waals surface area (Å²) in [4.78, 5) is 24.2. The van der Waals surface area contributed by atoms with Gasteiger partial charge in [-0.05, 0) is 18.2 Å². The van der Waals surface area contributed by atoms with Gasteiger partial charge >= 0.3 is 5.88 Å². The van der Waals surface area contributed by atoms with Crippen LogP contribution in [0.3, 0.4) is 0 Å². The Kier molecular flexibility index (Phi) is 3.78. The highest BCUT2D eigenvalue weighted by molar-refractivity contribution is 8.27. The number of para-hydroxylation sites is 1. The first kappa shape index (κ1) is 14.5.